The van der Waals surface area contributed by atoms with Crippen molar-refractivity contribution in [3.05, 3.63) is 62.9 Å². The Balaban J connectivity index is 1.60. The van der Waals surface area contributed by atoms with Crippen molar-refractivity contribution in [2.24, 2.45) is 0 Å². The van der Waals surface area contributed by atoms with Crippen molar-refractivity contribution in [3.63, 3.8) is 0 Å². The summed E-state index contributed by atoms with van der Waals surface area (Å²) in [6.07, 6.45) is 0. The monoisotopic (exact) mass is 433 g/mol. The molecule has 0 saturated heterocycles. The topological polar surface area (TPSA) is 68.0 Å². The second-order valence-corrected chi connectivity index (χ2v) is 7.46. The largest absolute Gasteiger partial charge is 0.403 e. The summed E-state index contributed by atoms with van der Waals surface area (Å²) in [6, 6.07) is 15.0. The van der Waals surface area contributed by atoms with Crippen molar-refractivity contribution in [2.45, 2.75) is 0 Å². The number of benzene rings is 2. The molecule has 0 aliphatic carbocycles. The Morgan fingerprint density at radius 1 is 1.16 bits per heavy atom. The van der Waals surface area contributed by atoms with Crippen LogP contribution in [-0.2, 0) is 0 Å². The lowest BCUT2D eigenvalue weighted by atomic mass is 10.2. The number of rotatable bonds is 3. The van der Waals surface area contributed by atoms with Crippen LogP contribution in [0.4, 0.5) is 6.01 Å². The SMILES string of the molecule is O=C(Nc1nnc(-c2cccc(Br)c2)o1)c1sc2ccccc2c1Cl. The molecule has 0 saturated carbocycles. The first-order chi connectivity index (χ1) is 12.1. The maximum absolute atomic E-state index is 12.5. The quantitative estimate of drug-likeness (QED) is 0.454. The molecule has 124 valence electrons. The van der Waals surface area contributed by atoms with Crippen LogP contribution in [0.15, 0.2) is 57.4 Å². The predicted molar refractivity (Wildman–Crippen MR) is 102 cm³/mol. The van der Waals surface area contributed by atoms with Gasteiger partial charge in [-0.3, -0.25) is 10.1 Å². The summed E-state index contributed by atoms with van der Waals surface area (Å²) in [4.78, 5) is 12.9. The van der Waals surface area contributed by atoms with E-state index in [1.54, 1.807) is 0 Å². The zero-order chi connectivity index (χ0) is 17.4. The van der Waals surface area contributed by atoms with Crippen LogP contribution in [0.1, 0.15) is 9.67 Å². The van der Waals surface area contributed by atoms with E-state index in [4.69, 9.17) is 16.0 Å². The van der Waals surface area contributed by atoms with Gasteiger partial charge in [-0.1, -0.05) is 56.9 Å². The summed E-state index contributed by atoms with van der Waals surface area (Å²) in [5, 5.41) is 11.7. The Bertz CT molecular complexity index is 1090. The summed E-state index contributed by atoms with van der Waals surface area (Å²) in [5.74, 6) is -0.0605. The maximum atomic E-state index is 12.5. The van der Waals surface area contributed by atoms with Crippen LogP contribution in [0.3, 0.4) is 0 Å². The molecule has 0 radical (unpaired) electrons. The molecule has 0 aliphatic rings. The number of amides is 1. The number of hydrogen-bond donors (Lipinski definition) is 1. The first-order valence-corrected chi connectivity index (χ1v) is 9.18. The summed E-state index contributed by atoms with van der Waals surface area (Å²) >= 11 is 11.0. The maximum Gasteiger partial charge on any atom is 0.322 e. The molecule has 25 heavy (non-hydrogen) atoms. The van der Waals surface area contributed by atoms with E-state index >= 15 is 0 Å². The van der Waals surface area contributed by atoms with E-state index in [9.17, 15) is 4.79 Å². The number of aromatic nitrogens is 2. The highest BCUT2D eigenvalue weighted by molar-refractivity contribution is 9.10. The molecule has 4 rings (SSSR count). The summed E-state index contributed by atoms with van der Waals surface area (Å²) in [7, 11) is 0. The number of fused-ring (bicyclic) bond motifs is 1. The minimum absolute atomic E-state index is 0.0218. The van der Waals surface area contributed by atoms with Gasteiger partial charge in [-0.2, -0.15) is 0 Å². The van der Waals surface area contributed by atoms with Gasteiger partial charge in [0, 0.05) is 20.1 Å². The molecule has 1 N–H and O–H groups in total. The Kier molecular flexibility index (Phi) is 4.29. The van der Waals surface area contributed by atoms with Crippen molar-refractivity contribution < 1.29 is 9.21 Å². The third-order valence-electron chi connectivity index (χ3n) is 3.46. The number of anilines is 1. The van der Waals surface area contributed by atoms with Crippen LogP contribution in [-0.4, -0.2) is 16.1 Å². The fourth-order valence-corrected chi connectivity index (χ4v) is 4.14. The molecule has 0 aliphatic heterocycles. The van der Waals surface area contributed by atoms with Gasteiger partial charge < -0.3 is 4.42 Å². The molecule has 2 aromatic heterocycles. The molecule has 2 aromatic carbocycles. The lowest BCUT2D eigenvalue weighted by Crippen LogP contribution is -2.10. The van der Waals surface area contributed by atoms with Crippen LogP contribution in [0.5, 0.6) is 0 Å². The molecule has 1 amide bonds. The van der Waals surface area contributed by atoms with Crippen molar-refractivity contribution in [3.8, 4) is 11.5 Å². The highest BCUT2D eigenvalue weighted by Gasteiger charge is 2.19. The van der Waals surface area contributed by atoms with Gasteiger partial charge in [0.25, 0.3) is 5.91 Å². The standard InChI is InChI=1S/C17H9BrClN3O2S/c18-10-5-3-4-9(8-10)16-21-22-17(24-16)20-15(23)14-13(19)11-6-1-2-7-12(11)25-14/h1-8H,(H,20,22,23). The minimum Gasteiger partial charge on any atom is -0.403 e. The van der Waals surface area contributed by atoms with Crippen LogP contribution in [0, 0.1) is 0 Å². The third kappa shape index (κ3) is 3.18. The smallest absolute Gasteiger partial charge is 0.322 e. The van der Waals surface area contributed by atoms with Crippen LogP contribution < -0.4 is 5.32 Å². The van der Waals surface area contributed by atoms with E-state index in [1.165, 1.54) is 11.3 Å². The first-order valence-electron chi connectivity index (χ1n) is 7.19. The molecule has 0 spiro atoms. The highest BCUT2D eigenvalue weighted by atomic mass is 79.9. The van der Waals surface area contributed by atoms with Gasteiger partial charge in [0.05, 0.1) is 5.02 Å². The number of carbonyl (C=O) groups excluding carboxylic acids is 1. The molecule has 0 unspecified atom stereocenters. The van der Waals surface area contributed by atoms with Crippen molar-refractivity contribution in [2.75, 3.05) is 5.32 Å². The number of hydrogen-bond acceptors (Lipinski definition) is 5. The van der Waals surface area contributed by atoms with Crippen molar-refractivity contribution in [1.82, 2.24) is 10.2 Å². The lowest BCUT2D eigenvalue weighted by Gasteiger charge is -1.98. The Hall–Kier alpha value is -2.22. The molecule has 5 nitrogen and oxygen atoms in total. The summed E-state index contributed by atoms with van der Waals surface area (Å²) < 4.78 is 7.35. The first kappa shape index (κ1) is 16.3. The lowest BCUT2D eigenvalue weighted by molar-refractivity contribution is 0.102. The normalized spacial score (nSPS) is 11.0. The van der Waals surface area contributed by atoms with Gasteiger partial charge in [0.2, 0.25) is 5.89 Å². The van der Waals surface area contributed by atoms with Gasteiger partial charge in [-0.25, -0.2) is 0 Å². The Labute approximate surface area is 159 Å². The van der Waals surface area contributed by atoms with Crippen molar-refractivity contribution in [1.29, 1.82) is 0 Å². The average molecular weight is 435 g/mol. The van der Waals surface area contributed by atoms with Gasteiger partial charge in [-0.05, 0) is 24.3 Å². The van der Waals surface area contributed by atoms with E-state index in [0.717, 1.165) is 20.1 Å². The zero-order valence-electron chi connectivity index (χ0n) is 12.5. The number of nitrogens with one attached hydrogen (secondary N) is 1. The molecule has 8 heteroatoms. The molecule has 0 fully saturated rings. The molecule has 0 atom stereocenters. The fourth-order valence-electron chi connectivity index (χ4n) is 2.33. The van der Waals surface area contributed by atoms with Gasteiger partial charge in [0.15, 0.2) is 0 Å². The Morgan fingerprint density at radius 3 is 2.80 bits per heavy atom. The van der Waals surface area contributed by atoms with Crippen LogP contribution in [0.25, 0.3) is 21.5 Å². The van der Waals surface area contributed by atoms with Crippen LogP contribution in [0.2, 0.25) is 5.02 Å². The second kappa shape index (κ2) is 6.59. The fraction of sp³-hybridized carbons (Fsp3) is 0. The van der Waals surface area contributed by atoms with E-state index in [2.05, 4.69) is 31.4 Å². The minimum atomic E-state index is -0.379. The average Bonchev–Trinajstić information content (AvgIpc) is 3.20. The Morgan fingerprint density at radius 2 is 2.00 bits per heavy atom. The van der Waals surface area contributed by atoms with E-state index in [0.29, 0.717) is 15.8 Å². The van der Waals surface area contributed by atoms with Crippen LogP contribution >= 0.6 is 38.9 Å². The van der Waals surface area contributed by atoms with Gasteiger partial charge in [-0.15, -0.1) is 16.4 Å². The predicted octanol–water partition coefficient (Wildman–Crippen LogP) is 5.62. The second-order valence-electron chi connectivity index (χ2n) is 5.12. The number of halogens is 2. The van der Waals surface area contributed by atoms with E-state index in [-0.39, 0.29) is 11.9 Å². The highest BCUT2D eigenvalue weighted by Crippen LogP contribution is 2.35. The molecular formula is C17H9BrClN3O2S. The molecular weight excluding hydrogens is 426 g/mol. The van der Waals surface area contributed by atoms with Crippen molar-refractivity contribution >= 4 is 60.9 Å². The number of thiophene rings is 1. The van der Waals surface area contributed by atoms with E-state index < -0.39 is 0 Å². The molecule has 2 heterocycles. The number of carbonyl (C=O) groups is 1. The van der Waals surface area contributed by atoms with Gasteiger partial charge >= 0.3 is 6.01 Å². The molecule has 0 bridgehead atoms. The third-order valence-corrected chi connectivity index (χ3v) is 5.63. The summed E-state index contributed by atoms with van der Waals surface area (Å²) in [5.41, 5.74) is 0.752. The van der Waals surface area contributed by atoms with Gasteiger partial charge in [0.1, 0.15) is 4.88 Å². The van der Waals surface area contributed by atoms with E-state index in [1.807, 2.05) is 48.5 Å². The summed E-state index contributed by atoms with van der Waals surface area (Å²) in [6.45, 7) is 0. The molecule has 4 aromatic rings. The number of nitrogens with zero attached hydrogens (tertiary/aromatic N) is 2. The zero-order valence-corrected chi connectivity index (χ0v) is 15.7.